The van der Waals surface area contributed by atoms with E-state index in [1.807, 2.05) is 18.2 Å². The van der Waals surface area contributed by atoms with Gasteiger partial charge in [0, 0.05) is 5.69 Å². The average Bonchev–Trinajstić information content (AvgIpc) is 2.97. The Hall–Kier alpha value is -2.91. The minimum Gasteiger partial charge on any atom is -0.493 e. The number of ether oxygens (including phenoxy) is 2. The molecule has 0 spiro atoms. The fraction of sp³-hybridized carbons (Fsp3) is 0.200. The maximum Gasteiger partial charge on any atom is 0.262 e. The van der Waals surface area contributed by atoms with Crippen LogP contribution in [0.1, 0.15) is 12.5 Å². The van der Waals surface area contributed by atoms with E-state index in [1.165, 1.54) is 30.1 Å². The van der Waals surface area contributed by atoms with Crippen LogP contribution in [0, 0.1) is 0 Å². The van der Waals surface area contributed by atoms with Crippen molar-refractivity contribution in [2.24, 2.45) is 5.10 Å². The molecule has 0 radical (unpaired) electrons. The summed E-state index contributed by atoms with van der Waals surface area (Å²) in [5, 5.41) is 7.90. The van der Waals surface area contributed by atoms with Crippen LogP contribution < -0.4 is 14.8 Å². The third kappa shape index (κ3) is 5.33. The second kappa shape index (κ2) is 9.53. The van der Waals surface area contributed by atoms with Crippen LogP contribution in [0.3, 0.4) is 0 Å². The van der Waals surface area contributed by atoms with Crippen LogP contribution in [-0.2, 0) is 9.59 Å². The number of nitrogens with one attached hydrogen (secondary N) is 1. The maximum absolute atomic E-state index is 12.0. The summed E-state index contributed by atoms with van der Waals surface area (Å²) >= 11 is 6.46. The average molecular weight is 430 g/mol. The molecule has 0 bridgehead atoms. The standard InChI is InChI=1S/C20H19N3O4S2/c1-13-19(25)23(20(28)29-13)21-11-14-8-9-16(17(10-14)26-2)27-12-18(24)22-15-6-4-3-5-7-15/h3-11,13H,12H2,1-2H3,(H,22,24). The summed E-state index contributed by atoms with van der Waals surface area (Å²) in [5.41, 5.74) is 1.39. The third-order valence-electron chi connectivity index (χ3n) is 3.93. The van der Waals surface area contributed by atoms with E-state index in [0.717, 1.165) is 0 Å². The lowest BCUT2D eigenvalue weighted by atomic mass is 10.2. The van der Waals surface area contributed by atoms with Gasteiger partial charge in [-0.15, -0.1) is 0 Å². The first-order valence-corrected chi connectivity index (χ1v) is 10.0. The Morgan fingerprint density at radius 3 is 2.69 bits per heavy atom. The number of para-hydroxylation sites is 1. The van der Waals surface area contributed by atoms with Gasteiger partial charge < -0.3 is 14.8 Å². The van der Waals surface area contributed by atoms with Crippen LogP contribution in [0.2, 0.25) is 0 Å². The molecule has 1 atom stereocenters. The number of amides is 2. The van der Waals surface area contributed by atoms with Crippen LogP contribution in [0.25, 0.3) is 0 Å². The molecule has 3 rings (SSSR count). The molecule has 1 unspecified atom stereocenters. The number of carbonyl (C=O) groups excluding carboxylic acids is 2. The number of anilines is 1. The first kappa shape index (κ1) is 20.8. The molecule has 2 aromatic rings. The molecular weight excluding hydrogens is 410 g/mol. The fourth-order valence-electron chi connectivity index (χ4n) is 2.49. The zero-order chi connectivity index (χ0) is 20.8. The zero-order valence-corrected chi connectivity index (χ0v) is 17.5. The molecule has 29 heavy (non-hydrogen) atoms. The van der Waals surface area contributed by atoms with Crippen LogP contribution in [-0.4, -0.2) is 46.3 Å². The molecule has 2 amide bonds. The van der Waals surface area contributed by atoms with Crippen molar-refractivity contribution in [2.75, 3.05) is 19.0 Å². The van der Waals surface area contributed by atoms with Gasteiger partial charge in [0.2, 0.25) is 0 Å². The van der Waals surface area contributed by atoms with Gasteiger partial charge in [-0.1, -0.05) is 42.2 Å². The van der Waals surface area contributed by atoms with E-state index in [2.05, 4.69) is 10.4 Å². The van der Waals surface area contributed by atoms with E-state index in [4.69, 9.17) is 21.7 Å². The van der Waals surface area contributed by atoms with Crippen molar-refractivity contribution in [1.82, 2.24) is 5.01 Å². The van der Waals surface area contributed by atoms with E-state index < -0.39 is 0 Å². The summed E-state index contributed by atoms with van der Waals surface area (Å²) in [6.45, 7) is 1.63. The number of hydrogen-bond acceptors (Lipinski definition) is 7. The largest absolute Gasteiger partial charge is 0.493 e. The number of benzene rings is 2. The number of hydrogen-bond donors (Lipinski definition) is 1. The highest BCUT2D eigenvalue weighted by atomic mass is 32.2. The molecular formula is C20H19N3O4S2. The van der Waals surface area contributed by atoms with Crippen LogP contribution in [0.4, 0.5) is 5.69 Å². The van der Waals surface area contributed by atoms with Gasteiger partial charge >= 0.3 is 0 Å². The molecule has 0 aliphatic carbocycles. The Bertz CT molecular complexity index is 950. The number of thiocarbonyl (C=S) groups is 1. The van der Waals surface area contributed by atoms with Gasteiger partial charge in [0.05, 0.1) is 18.6 Å². The predicted octanol–water partition coefficient (Wildman–Crippen LogP) is 3.30. The summed E-state index contributed by atoms with van der Waals surface area (Å²) < 4.78 is 11.3. The lowest BCUT2D eigenvalue weighted by molar-refractivity contribution is -0.125. The molecule has 1 aliphatic rings. The van der Waals surface area contributed by atoms with E-state index in [0.29, 0.717) is 27.1 Å². The Morgan fingerprint density at radius 2 is 2.03 bits per heavy atom. The minimum atomic E-state index is -0.281. The molecule has 7 nitrogen and oxygen atoms in total. The molecule has 2 aromatic carbocycles. The zero-order valence-electron chi connectivity index (χ0n) is 15.8. The van der Waals surface area contributed by atoms with Gasteiger partial charge in [-0.2, -0.15) is 10.1 Å². The van der Waals surface area contributed by atoms with Gasteiger partial charge in [-0.25, -0.2) is 0 Å². The first-order chi connectivity index (χ1) is 14.0. The molecule has 1 saturated heterocycles. The van der Waals surface area contributed by atoms with Gasteiger partial charge in [-0.05, 0) is 42.8 Å². The molecule has 9 heteroatoms. The first-order valence-electron chi connectivity index (χ1n) is 8.72. The number of thioether (sulfide) groups is 1. The quantitative estimate of drug-likeness (QED) is 0.537. The molecule has 1 heterocycles. The van der Waals surface area contributed by atoms with Crippen molar-refractivity contribution >= 4 is 52.0 Å². The second-order valence-electron chi connectivity index (χ2n) is 6.03. The highest BCUT2D eigenvalue weighted by Crippen LogP contribution is 2.29. The maximum atomic E-state index is 12.0. The van der Waals surface area contributed by atoms with Gasteiger partial charge in [-0.3, -0.25) is 9.59 Å². The Labute approximate surface area is 178 Å². The smallest absolute Gasteiger partial charge is 0.262 e. The third-order valence-corrected chi connectivity index (χ3v) is 5.32. The lowest BCUT2D eigenvalue weighted by Gasteiger charge is -2.12. The molecule has 0 saturated carbocycles. The predicted molar refractivity (Wildman–Crippen MR) is 118 cm³/mol. The highest BCUT2D eigenvalue weighted by molar-refractivity contribution is 8.24. The highest BCUT2D eigenvalue weighted by Gasteiger charge is 2.33. The van der Waals surface area contributed by atoms with E-state index >= 15 is 0 Å². The number of rotatable bonds is 7. The lowest BCUT2D eigenvalue weighted by Crippen LogP contribution is -2.25. The minimum absolute atomic E-state index is 0.146. The summed E-state index contributed by atoms with van der Waals surface area (Å²) in [7, 11) is 1.50. The van der Waals surface area contributed by atoms with Crippen molar-refractivity contribution in [3.8, 4) is 11.5 Å². The van der Waals surface area contributed by atoms with E-state index in [1.54, 1.807) is 37.3 Å². The molecule has 150 valence electrons. The van der Waals surface area contributed by atoms with Crippen LogP contribution >= 0.6 is 24.0 Å². The van der Waals surface area contributed by atoms with Crippen molar-refractivity contribution in [2.45, 2.75) is 12.2 Å². The second-order valence-corrected chi connectivity index (χ2v) is 8.01. The Balaban J connectivity index is 1.63. The summed E-state index contributed by atoms with van der Waals surface area (Å²) in [6.07, 6.45) is 1.53. The molecule has 1 aliphatic heterocycles. The normalized spacial score (nSPS) is 16.3. The van der Waals surface area contributed by atoms with E-state index in [9.17, 15) is 9.59 Å². The van der Waals surface area contributed by atoms with Gasteiger partial charge in [0.25, 0.3) is 11.8 Å². The van der Waals surface area contributed by atoms with Crippen LogP contribution in [0.5, 0.6) is 11.5 Å². The Morgan fingerprint density at radius 1 is 1.28 bits per heavy atom. The number of carbonyl (C=O) groups is 2. The van der Waals surface area contributed by atoms with Gasteiger partial charge in [0.15, 0.2) is 22.4 Å². The Kier molecular flexibility index (Phi) is 6.84. The summed E-state index contributed by atoms with van der Waals surface area (Å²) in [5.74, 6) is 0.438. The van der Waals surface area contributed by atoms with Crippen molar-refractivity contribution in [3.05, 3.63) is 54.1 Å². The summed E-state index contributed by atoms with van der Waals surface area (Å²) in [6, 6.07) is 14.3. The topological polar surface area (TPSA) is 80.2 Å². The van der Waals surface area contributed by atoms with Crippen molar-refractivity contribution in [1.29, 1.82) is 0 Å². The molecule has 1 N–H and O–H groups in total. The molecule has 1 fully saturated rings. The van der Waals surface area contributed by atoms with Crippen molar-refractivity contribution < 1.29 is 19.1 Å². The monoisotopic (exact) mass is 429 g/mol. The number of hydrazone groups is 1. The van der Waals surface area contributed by atoms with Gasteiger partial charge in [0.1, 0.15) is 0 Å². The summed E-state index contributed by atoms with van der Waals surface area (Å²) in [4.78, 5) is 24.1. The van der Waals surface area contributed by atoms with Crippen molar-refractivity contribution in [3.63, 3.8) is 0 Å². The molecule has 0 aromatic heterocycles. The number of methoxy groups -OCH3 is 1. The fourth-order valence-corrected chi connectivity index (χ4v) is 3.80. The SMILES string of the molecule is COc1cc(C=NN2C(=O)C(C)SC2=S)ccc1OCC(=O)Nc1ccccc1. The number of nitrogens with zero attached hydrogens (tertiary/aromatic N) is 2. The van der Waals surface area contributed by atoms with Crippen LogP contribution in [0.15, 0.2) is 53.6 Å². The van der Waals surface area contributed by atoms with E-state index in [-0.39, 0.29) is 23.7 Å².